The van der Waals surface area contributed by atoms with Crippen molar-refractivity contribution in [2.45, 2.75) is 38.8 Å². The first-order valence-corrected chi connectivity index (χ1v) is 7.12. The average Bonchev–Trinajstić information content (AvgIpc) is 2.66. The zero-order chi connectivity index (χ0) is 14.7. The number of amides is 1. The number of hydrogen-bond acceptors (Lipinski definition) is 3. The van der Waals surface area contributed by atoms with Crippen molar-refractivity contribution < 1.29 is 14.6 Å². The quantitative estimate of drug-likeness (QED) is 0.862. The number of carbonyl (C=O) groups excluding carboxylic acids is 1. The highest BCUT2D eigenvalue weighted by Crippen LogP contribution is 2.29. The van der Waals surface area contributed by atoms with Gasteiger partial charge in [0.05, 0.1) is 13.2 Å². The maximum absolute atomic E-state index is 12.1. The molecule has 1 aliphatic heterocycles. The fourth-order valence-electron chi connectivity index (χ4n) is 2.88. The predicted octanol–water partition coefficient (Wildman–Crippen LogP) is 1.76. The van der Waals surface area contributed by atoms with Crippen molar-refractivity contribution in [2.24, 2.45) is 11.8 Å². The van der Waals surface area contributed by atoms with Gasteiger partial charge in [-0.1, -0.05) is 19.1 Å². The van der Waals surface area contributed by atoms with Crippen molar-refractivity contribution in [1.29, 1.82) is 0 Å². The van der Waals surface area contributed by atoms with E-state index in [1.165, 1.54) is 0 Å². The summed E-state index contributed by atoms with van der Waals surface area (Å²) in [6, 6.07) is 7.91. The summed E-state index contributed by atoms with van der Waals surface area (Å²) < 4.78 is 5.14. The number of ether oxygens (including phenoxy) is 1. The molecule has 1 aromatic rings. The Hall–Kier alpha value is -1.55. The Morgan fingerprint density at radius 2 is 2.00 bits per heavy atom. The number of aliphatic hydroxyl groups excluding tert-OH is 1. The molecule has 1 aromatic carbocycles. The molecule has 1 aliphatic rings. The molecule has 1 amide bonds. The molecule has 2 N–H and O–H groups in total. The van der Waals surface area contributed by atoms with Gasteiger partial charge in [-0.3, -0.25) is 4.79 Å². The molecule has 0 aromatic heterocycles. The van der Waals surface area contributed by atoms with Crippen LogP contribution in [0.1, 0.15) is 25.8 Å². The van der Waals surface area contributed by atoms with Gasteiger partial charge in [-0.15, -0.1) is 0 Å². The van der Waals surface area contributed by atoms with Gasteiger partial charge in [0, 0.05) is 12.0 Å². The van der Waals surface area contributed by atoms with Gasteiger partial charge in [-0.2, -0.15) is 0 Å². The third kappa shape index (κ3) is 3.31. The maximum atomic E-state index is 12.1. The highest BCUT2D eigenvalue weighted by atomic mass is 16.5. The van der Waals surface area contributed by atoms with Crippen LogP contribution >= 0.6 is 0 Å². The molecule has 1 unspecified atom stereocenters. The summed E-state index contributed by atoms with van der Waals surface area (Å²) in [6.45, 7) is 3.84. The van der Waals surface area contributed by atoms with E-state index in [0.717, 1.165) is 17.7 Å². The van der Waals surface area contributed by atoms with Gasteiger partial charge in [-0.25, -0.2) is 0 Å². The minimum atomic E-state index is -0.387. The maximum Gasteiger partial charge on any atom is 0.224 e. The summed E-state index contributed by atoms with van der Waals surface area (Å²) in [7, 11) is 1.64. The number of hydrogen-bond donors (Lipinski definition) is 2. The van der Waals surface area contributed by atoms with E-state index in [1.54, 1.807) is 14.0 Å². The van der Waals surface area contributed by atoms with Crippen molar-refractivity contribution in [3.05, 3.63) is 29.8 Å². The van der Waals surface area contributed by atoms with E-state index in [4.69, 9.17) is 4.74 Å². The molecule has 4 nitrogen and oxygen atoms in total. The number of nitrogens with one attached hydrogen (secondary N) is 1. The Labute approximate surface area is 120 Å². The van der Waals surface area contributed by atoms with Crippen LogP contribution in [0.4, 0.5) is 0 Å². The van der Waals surface area contributed by atoms with Crippen molar-refractivity contribution in [3.63, 3.8) is 0 Å². The smallest absolute Gasteiger partial charge is 0.224 e. The van der Waals surface area contributed by atoms with Gasteiger partial charge < -0.3 is 15.2 Å². The van der Waals surface area contributed by atoms with Gasteiger partial charge in [0.2, 0.25) is 5.91 Å². The molecule has 1 fully saturated rings. The minimum Gasteiger partial charge on any atom is -0.497 e. The second-order valence-corrected chi connectivity index (χ2v) is 5.72. The molecule has 1 heterocycles. The normalized spacial score (nSPS) is 27.2. The van der Waals surface area contributed by atoms with Crippen LogP contribution in [0, 0.1) is 11.8 Å². The second kappa shape index (κ2) is 6.27. The molecule has 1 saturated heterocycles. The second-order valence-electron chi connectivity index (χ2n) is 5.72. The summed E-state index contributed by atoms with van der Waals surface area (Å²) >= 11 is 0. The molecule has 2 rings (SSSR count). The van der Waals surface area contributed by atoms with Crippen LogP contribution < -0.4 is 10.1 Å². The fraction of sp³-hybridized carbons (Fsp3) is 0.562. The summed E-state index contributed by atoms with van der Waals surface area (Å²) in [4.78, 5) is 12.1. The van der Waals surface area contributed by atoms with E-state index in [-0.39, 0.29) is 29.9 Å². The molecule has 110 valence electrons. The van der Waals surface area contributed by atoms with Gasteiger partial charge in [-0.05, 0) is 43.4 Å². The minimum absolute atomic E-state index is 0.0212. The highest BCUT2D eigenvalue weighted by molar-refractivity contribution is 5.82. The molecule has 0 spiro atoms. The lowest BCUT2D eigenvalue weighted by molar-refractivity contribution is -0.123. The van der Waals surface area contributed by atoms with E-state index in [1.807, 2.05) is 24.3 Å². The van der Waals surface area contributed by atoms with Gasteiger partial charge in [0.1, 0.15) is 5.75 Å². The molecular formula is C16H23NO3. The molecule has 0 saturated carbocycles. The van der Waals surface area contributed by atoms with Crippen LogP contribution in [0.2, 0.25) is 0 Å². The van der Waals surface area contributed by atoms with Crippen molar-refractivity contribution >= 4 is 5.91 Å². The first-order valence-electron chi connectivity index (χ1n) is 7.12. The molecular weight excluding hydrogens is 254 g/mol. The standard InChI is InChI=1S/C16H23NO3/c1-10(18)8-15-11(2)14(16(19)17-15)9-12-4-6-13(20-3)7-5-12/h4-7,10-11,14-15,18H,8-9H2,1-3H3,(H,17,19)/t10-,11-,14?,15-/m0/s1. The lowest BCUT2D eigenvalue weighted by Crippen LogP contribution is -2.31. The first-order chi connectivity index (χ1) is 9.51. The summed E-state index contributed by atoms with van der Waals surface area (Å²) in [5, 5.41) is 12.5. The van der Waals surface area contributed by atoms with Gasteiger partial charge >= 0.3 is 0 Å². The topological polar surface area (TPSA) is 58.6 Å². The van der Waals surface area contributed by atoms with E-state index in [2.05, 4.69) is 12.2 Å². The molecule has 0 radical (unpaired) electrons. The molecule has 0 bridgehead atoms. The number of aliphatic hydroxyl groups is 1. The fourth-order valence-corrected chi connectivity index (χ4v) is 2.88. The highest BCUT2D eigenvalue weighted by Gasteiger charge is 2.39. The number of benzene rings is 1. The van der Waals surface area contributed by atoms with Crippen molar-refractivity contribution in [2.75, 3.05) is 7.11 Å². The number of methoxy groups -OCH3 is 1. The van der Waals surface area contributed by atoms with Gasteiger partial charge in [0.15, 0.2) is 0 Å². The SMILES string of the molecule is COc1ccc(CC2C(=O)N[C@@H](C[C@H](C)O)[C@H]2C)cc1. The Kier molecular flexibility index (Phi) is 4.65. The van der Waals surface area contributed by atoms with Crippen LogP contribution in [0.15, 0.2) is 24.3 Å². The van der Waals surface area contributed by atoms with E-state index >= 15 is 0 Å². The Balaban J connectivity index is 2.02. The molecule has 4 atom stereocenters. The van der Waals surface area contributed by atoms with Crippen LogP contribution in [0.25, 0.3) is 0 Å². The third-order valence-electron chi connectivity index (χ3n) is 4.14. The van der Waals surface area contributed by atoms with Crippen LogP contribution in [-0.4, -0.2) is 30.3 Å². The predicted molar refractivity (Wildman–Crippen MR) is 77.6 cm³/mol. The summed E-state index contributed by atoms with van der Waals surface area (Å²) in [6.07, 6.45) is 0.960. The van der Waals surface area contributed by atoms with Crippen LogP contribution in [0.3, 0.4) is 0 Å². The van der Waals surface area contributed by atoms with E-state index in [9.17, 15) is 9.90 Å². The largest absolute Gasteiger partial charge is 0.497 e. The Morgan fingerprint density at radius 1 is 1.35 bits per heavy atom. The Bertz CT molecular complexity index is 455. The lowest BCUT2D eigenvalue weighted by Gasteiger charge is -2.19. The number of carbonyl (C=O) groups is 1. The zero-order valence-corrected chi connectivity index (χ0v) is 12.3. The molecule has 20 heavy (non-hydrogen) atoms. The summed E-state index contributed by atoms with van der Waals surface area (Å²) in [5.74, 6) is 1.13. The van der Waals surface area contributed by atoms with Crippen LogP contribution in [0.5, 0.6) is 5.75 Å². The monoisotopic (exact) mass is 277 g/mol. The molecule has 0 aliphatic carbocycles. The first kappa shape index (κ1) is 14.9. The van der Waals surface area contributed by atoms with Crippen LogP contribution in [-0.2, 0) is 11.2 Å². The van der Waals surface area contributed by atoms with Gasteiger partial charge in [0.25, 0.3) is 0 Å². The van der Waals surface area contributed by atoms with E-state index < -0.39 is 0 Å². The Morgan fingerprint density at radius 3 is 2.55 bits per heavy atom. The zero-order valence-electron chi connectivity index (χ0n) is 12.3. The molecule has 4 heteroatoms. The summed E-state index contributed by atoms with van der Waals surface area (Å²) in [5.41, 5.74) is 1.13. The number of rotatable bonds is 5. The van der Waals surface area contributed by atoms with Crippen molar-refractivity contribution in [1.82, 2.24) is 5.32 Å². The average molecular weight is 277 g/mol. The third-order valence-corrected chi connectivity index (χ3v) is 4.14. The van der Waals surface area contributed by atoms with E-state index in [0.29, 0.717) is 6.42 Å². The van der Waals surface area contributed by atoms with Crippen molar-refractivity contribution in [3.8, 4) is 5.75 Å². The lowest BCUT2D eigenvalue weighted by atomic mass is 9.85.